The zero-order valence-corrected chi connectivity index (χ0v) is 19.9. The van der Waals surface area contributed by atoms with Gasteiger partial charge >= 0.3 is 0 Å². The molecule has 0 spiro atoms. The van der Waals surface area contributed by atoms with Crippen LogP contribution in [0.4, 0.5) is 5.69 Å². The summed E-state index contributed by atoms with van der Waals surface area (Å²) < 4.78 is 33.8. The van der Waals surface area contributed by atoms with Crippen LogP contribution in [0.25, 0.3) is 10.2 Å². The van der Waals surface area contributed by atoms with Crippen molar-refractivity contribution in [2.75, 3.05) is 31.6 Å². The van der Waals surface area contributed by atoms with E-state index in [4.69, 9.17) is 9.72 Å². The second-order valence-corrected chi connectivity index (χ2v) is 11.6. The van der Waals surface area contributed by atoms with E-state index in [2.05, 4.69) is 11.4 Å². The summed E-state index contributed by atoms with van der Waals surface area (Å²) in [5.41, 5.74) is 1.48. The molecular formula is C24H27N3O4S2. The fraction of sp³-hybridized carbons (Fsp3) is 0.417. The standard InChI is InChI=1S/C24H27N3O4S2/c28-23(19-8-1-2-9-20(19)24-26-21-10-3-4-11-22(21)32-24)25-17-6-5-7-18(16-17)33(29,30)27-12-14-31-15-13-27/h3-7,10-11,16,19-20H,1-2,8-9,12-15H2,(H,25,28)/t19-,20-/m1/s1. The van der Waals surface area contributed by atoms with E-state index in [1.54, 1.807) is 35.6 Å². The lowest BCUT2D eigenvalue weighted by Gasteiger charge is -2.29. The monoisotopic (exact) mass is 485 g/mol. The van der Waals surface area contributed by atoms with Gasteiger partial charge in [-0.25, -0.2) is 13.4 Å². The average Bonchev–Trinajstić information content (AvgIpc) is 3.29. The number of nitrogens with one attached hydrogen (secondary N) is 1. The molecule has 2 aliphatic rings. The molecule has 3 aromatic rings. The molecule has 1 aromatic heterocycles. The van der Waals surface area contributed by atoms with Crippen LogP contribution < -0.4 is 5.32 Å². The summed E-state index contributed by atoms with van der Waals surface area (Å²) in [5.74, 6) is -0.171. The quantitative estimate of drug-likeness (QED) is 0.584. The number of anilines is 1. The zero-order chi connectivity index (χ0) is 22.8. The van der Waals surface area contributed by atoms with E-state index in [0.717, 1.165) is 40.9 Å². The first kappa shape index (κ1) is 22.5. The third kappa shape index (κ3) is 4.68. The lowest BCUT2D eigenvalue weighted by Crippen LogP contribution is -2.40. The topological polar surface area (TPSA) is 88.6 Å². The molecule has 2 atom stereocenters. The Morgan fingerprint density at radius 3 is 2.67 bits per heavy atom. The van der Waals surface area contributed by atoms with Crippen LogP contribution in [0.3, 0.4) is 0 Å². The largest absolute Gasteiger partial charge is 0.379 e. The van der Waals surface area contributed by atoms with Crippen LogP contribution in [0.5, 0.6) is 0 Å². The van der Waals surface area contributed by atoms with Crippen molar-refractivity contribution >= 4 is 43.2 Å². The lowest BCUT2D eigenvalue weighted by molar-refractivity contribution is -0.121. The van der Waals surface area contributed by atoms with Crippen LogP contribution in [-0.4, -0.2) is 49.9 Å². The van der Waals surface area contributed by atoms with Crippen molar-refractivity contribution in [1.82, 2.24) is 9.29 Å². The molecule has 0 unspecified atom stereocenters. The first-order chi connectivity index (χ1) is 16.0. The van der Waals surface area contributed by atoms with Crippen LogP contribution in [0.2, 0.25) is 0 Å². The SMILES string of the molecule is O=C(Nc1cccc(S(=O)(=O)N2CCOCC2)c1)[C@@H]1CCCC[C@H]1c1nc2ccccc2s1. The summed E-state index contributed by atoms with van der Waals surface area (Å²) in [4.78, 5) is 18.3. The summed E-state index contributed by atoms with van der Waals surface area (Å²) in [5, 5.41) is 4.00. The number of hydrogen-bond acceptors (Lipinski definition) is 6. The van der Waals surface area contributed by atoms with Crippen LogP contribution in [-0.2, 0) is 19.6 Å². The molecule has 33 heavy (non-hydrogen) atoms. The predicted molar refractivity (Wildman–Crippen MR) is 129 cm³/mol. The van der Waals surface area contributed by atoms with E-state index in [1.165, 1.54) is 4.31 Å². The molecule has 2 heterocycles. The summed E-state index contributed by atoms with van der Waals surface area (Å²) >= 11 is 1.67. The summed E-state index contributed by atoms with van der Waals surface area (Å²) in [7, 11) is -3.62. The van der Waals surface area contributed by atoms with Gasteiger partial charge in [-0.15, -0.1) is 11.3 Å². The predicted octanol–water partition coefficient (Wildman–Crippen LogP) is 4.23. The zero-order valence-electron chi connectivity index (χ0n) is 18.3. The van der Waals surface area contributed by atoms with Gasteiger partial charge in [-0.1, -0.05) is 31.0 Å². The third-order valence-electron chi connectivity index (χ3n) is 6.44. The van der Waals surface area contributed by atoms with Gasteiger partial charge in [0.05, 0.1) is 33.3 Å². The van der Waals surface area contributed by atoms with E-state index >= 15 is 0 Å². The number of nitrogens with zero attached hydrogens (tertiary/aromatic N) is 2. The molecule has 0 bridgehead atoms. The number of hydrogen-bond donors (Lipinski definition) is 1. The second kappa shape index (κ2) is 9.50. The van der Waals surface area contributed by atoms with Gasteiger partial charge in [-0.05, 0) is 43.2 Å². The molecule has 5 rings (SSSR count). The number of carbonyl (C=O) groups is 1. The fourth-order valence-electron chi connectivity index (χ4n) is 4.69. The highest BCUT2D eigenvalue weighted by molar-refractivity contribution is 7.89. The Morgan fingerprint density at radius 1 is 1.06 bits per heavy atom. The number of aromatic nitrogens is 1. The van der Waals surface area contributed by atoms with Crippen LogP contribution in [0, 0.1) is 5.92 Å². The molecule has 1 saturated carbocycles. The Hall–Kier alpha value is -2.33. The first-order valence-corrected chi connectivity index (χ1v) is 13.6. The van der Waals surface area contributed by atoms with Crippen molar-refractivity contribution in [1.29, 1.82) is 0 Å². The van der Waals surface area contributed by atoms with E-state index in [1.807, 2.05) is 18.2 Å². The minimum Gasteiger partial charge on any atom is -0.379 e. The third-order valence-corrected chi connectivity index (χ3v) is 9.50. The van der Waals surface area contributed by atoms with Gasteiger partial charge in [0.2, 0.25) is 15.9 Å². The molecule has 2 fully saturated rings. The van der Waals surface area contributed by atoms with E-state index in [0.29, 0.717) is 32.0 Å². The molecule has 1 saturated heterocycles. The van der Waals surface area contributed by atoms with Crippen LogP contribution >= 0.6 is 11.3 Å². The molecule has 174 valence electrons. The first-order valence-electron chi connectivity index (χ1n) is 11.4. The van der Waals surface area contributed by atoms with Gasteiger partial charge < -0.3 is 10.1 Å². The van der Waals surface area contributed by atoms with Gasteiger partial charge in [-0.3, -0.25) is 4.79 Å². The maximum atomic E-state index is 13.3. The fourth-order valence-corrected chi connectivity index (χ4v) is 7.32. The number of para-hydroxylation sites is 1. The van der Waals surface area contributed by atoms with Crippen molar-refractivity contribution in [3.8, 4) is 0 Å². The van der Waals surface area contributed by atoms with Gasteiger partial charge in [0.25, 0.3) is 0 Å². The molecule has 9 heteroatoms. The van der Waals surface area contributed by atoms with Gasteiger partial charge in [-0.2, -0.15) is 4.31 Å². The number of amides is 1. The number of thiazole rings is 1. The van der Waals surface area contributed by atoms with Crippen LogP contribution in [0.1, 0.15) is 36.6 Å². The van der Waals surface area contributed by atoms with E-state index in [9.17, 15) is 13.2 Å². The highest BCUT2D eigenvalue weighted by Gasteiger charge is 2.34. The average molecular weight is 486 g/mol. The molecule has 7 nitrogen and oxygen atoms in total. The molecule has 2 aromatic carbocycles. The van der Waals surface area contributed by atoms with Gasteiger partial charge in [0.1, 0.15) is 0 Å². The summed E-state index contributed by atoms with van der Waals surface area (Å²) in [6.07, 6.45) is 3.82. The highest BCUT2D eigenvalue weighted by atomic mass is 32.2. The van der Waals surface area contributed by atoms with Crippen molar-refractivity contribution in [2.24, 2.45) is 5.92 Å². The van der Waals surface area contributed by atoms with Crippen LogP contribution in [0.15, 0.2) is 53.4 Å². The minimum absolute atomic E-state index is 0.0696. The number of benzene rings is 2. The molecule has 1 aliphatic carbocycles. The number of rotatable bonds is 5. The normalized spacial score (nSPS) is 22.3. The van der Waals surface area contributed by atoms with Crippen molar-refractivity contribution < 1.29 is 17.9 Å². The maximum Gasteiger partial charge on any atom is 0.243 e. The minimum atomic E-state index is -3.62. The number of sulfonamides is 1. The maximum absolute atomic E-state index is 13.3. The Labute approximate surface area is 197 Å². The Bertz CT molecular complexity index is 1220. The Balaban J connectivity index is 1.35. The molecule has 1 N–H and O–H groups in total. The Kier molecular flexibility index (Phi) is 6.47. The van der Waals surface area contributed by atoms with E-state index in [-0.39, 0.29) is 22.6 Å². The molecule has 1 amide bonds. The lowest BCUT2D eigenvalue weighted by atomic mass is 9.79. The van der Waals surface area contributed by atoms with Gasteiger partial charge in [0.15, 0.2) is 0 Å². The second-order valence-electron chi connectivity index (χ2n) is 8.55. The summed E-state index contributed by atoms with van der Waals surface area (Å²) in [6.45, 7) is 1.46. The Morgan fingerprint density at radius 2 is 1.85 bits per heavy atom. The number of carbonyl (C=O) groups excluding carboxylic acids is 1. The highest BCUT2D eigenvalue weighted by Crippen LogP contribution is 2.41. The molecule has 1 aliphatic heterocycles. The van der Waals surface area contributed by atoms with Crippen molar-refractivity contribution in [3.63, 3.8) is 0 Å². The summed E-state index contributed by atoms with van der Waals surface area (Å²) in [6, 6.07) is 14.6. The molecule has 0 radical (unpaired) electrons. The number of morpholine rings is 1. The van der Waals surface area contributed by atoms with Gasteiger partial charge in [0, 0.05) is 30.6 Å². The number of ether oxygens (including phenoxy) is 1. The van der Waals surface area contributed by atoms with E-state index < -0.39 is 10.0 Å². The molecular weight excluding hydrogens is 458 g/mol. The number of fused-ring (bicyclic) bond motifs is 1. The van der Waals surface area contributed by atoms with Crippen molar-refractivity contribution in [3.05, 3.63) is 53.5 Å². The smallest absolute Gasteiger partial charge is 0.243 e. The van der Waals surface area contributed by atoms with Crippen molar-refractivity contribution in [2.45, 2.75) is 36.5 Å².